The second kappa shape index (κ2) is 7.50. The Morgan fingerprint density at radius 2 is 2.09 bits per heavy atom. The Morgan fingerprint density at radius 1 is 1.35 bits per heavy atom. The van der Waals surface area contributed by atoms with Gasteiger partial charge in [0, 0.05) is 6.07 Å². The predicted molar refractivity (Wildman–Crippen MR) is 83.2 cm³/mol. The van der Waals surface area contributed by atoms with Gasteiger partial charge in [-0.25, -0.2) is 4.98 Å². The molecule has 0 aliphatic carbocycles. The van der Waals surface area contributed by atoms with Crippen LogP contribution in [0.4, 0.5) is 11.5 Å². The molecular weight excluding hydrogens is 302 g/mol. The van der Waals surface area contributed by atoms with Gasteiger partial charge < -0.3 is 10.5 Å². The number of nitrogens with one attached hydrogen (secondary N) is 1. The van der Waals surface area contributed by atoms with Gasteiger partial charge in [-0.1, -0.05) is 0 Å². The lowest BCUT2D eigenvalue weighted by Crippen LogP contribution is -2.19. The summed E-state index contributed by atoms with van der Waals surface area (Å²) in [5.74, 6) is 0.356. The number of anilines is 1. The van der Waals surface area contributed by atoms with Crippen molar-refractivity contribution >= 4 is 23.6 Å². The highest BCUT2D eigenvalue weighted by molar-refractivity contribution is 5.80. The molecule has 0 spiro atoms. The van der Waals surface area contributed by atoms with Crippen molar-refractivity contribution in [1.29, 1.82) is 0 Å². The largest absolute Gasteiger partial charge is 0.484 e. The van der Waals surface area contributed by atoms with Crippen LogP contribution in [0.25, 0.3) is 0 Å². The summed E-state index contributed by atoms with van der Waals surface area (Å²) in [6, 6.07) is 9.62. The minimum atomic E-state index is -0.546. The third-order valence-corrected chi connectivity index (χ3v) is 2.61. The van der Waals surface area contributed by atoms with Crippen LogP contribution in [0.3, 0.4) is 0 Å². The van der Waals surface area contributed by atoms with Gasteiger partial charge in [0.05, 0.1) is 11.1 Å². The van der Waals surface area contributed by atoms with Crippen molar-refractivity contribution in [1.82, 2.24) is 4.98 Å². The van der Waals surface area contributed by atoms with E-state index in [2.05, 4.69) is 15.5 Å². The van der Waals surface area contributed by atoms with Crippen molar-refractivity contribution in [2.75, 3.05) is 12.0 Å². The molecule has 0 fully saturated rings. The van der Waals surface area contributed by atoms with Crippen LogP contribution >= 0.6 is 0 Å². The summed E-state index contributed by atoms with van der Waals surface area (Å²) in [6.45, 7) is -0.180. The molecule has 9 heteroatoms. The van der Waals surface area contributed by atoms with E-state index in [9.17, 15) is 14.9 Å². The number of carbonyl (C=O) groups is 1. The molecule has 0 saturated heterocycles. The predicted octanol–water partition coefficient (Wildman–Crippen LogP) is 1.30. The van der Waals surface area contributed by atoms with Gasteiger partial charge >= 0.3 is 0 Å². The number of benzene rings is 1. The second-order valence-electron chi connectivity index (χ2n) is 4.35. The Morgan fingerprint density at radius 3 is 2.65 bits per heavy atom. The Bertz CT molecular complexity index is 713. The number of nitrogens with zero attached hydrogens (tertiary/aromatic N) is 3. The maximum Gasteiger partial charge on any atom is 0.287 e. The van der Waals surface area contributed by atoms with E-state index in [-0.39, 0.29) is 12.3 Å². The molecule has 0 aliphatic heterocycles. The lowest BCUT2D eigenvalue weighted by atomic mass is 10.2. The van der Waals surface area contributed by atoms with Crippen LogP contribution in [0.15, 0.2) is 47.7 Å². The molecule has 0 atom stereocenters. The number of primary amides is 1. The van der Waals surface area contributed by atoms with Gasteiger partial charge in [-0.3, -0.25) is 20.3 Å². The summed E-state index contributed by atoms with van der Waals surface area (Å²) < 4.78 is 5.13. The van der Waals surface area contributed by atoms with Crippen LogP contribution in [0.5, 0.6) is 5.75 Å². The molecule has 0 saturated carbocycles. The maximum atomic E-state index is 10.6. The fourth-order valence-electron chi connectivity index (χ4n) is 1.54. The smallest absolute Gasteiger partial charge is 0.287 e. The van der Waals surface area contributed by atoms with Gasteiger partial charge in [0.25, 0.3) is 11.6 Å². The topological polar surface area (TPSA) is 133 Å². The number of nitrogens with two attached hydrogens (primary N) is 1. The molecule has 1 heterocycles. The Kier molecular flexibility index (Phi) is 5.18. The summed E-state index contributed by atoms with van der Waals surface area (Å²) in [5.41, 5.74) is 8.33. The van der Waals surface area contributed by atoms with Crippen LogP contribution in [0.2, 0.25) is 0 Å². The number of hydrogen-bond acceptors (Lipinski definition) is 7. The van der Waals surface area contributed by atoms with E-state index < -0.39 is 10.8 Å². The van der Waals surface area contributed by atoms with Crippen molar-refractivity contribution in [2.24, 2.45) is 10.8 Å². The SMILES string of the molecule is NC(=O)COc1ccc(/C=N/Nc2ccc([N+](=O)[O-])cn2)cc1. The number of rotatable bonds is 7. The van der Waals surface area contributed by atoms with Crippen LogP contribution in [-0.2, 0) is 4.79 Å². The summed E-state index contributed by atoms with van der Waals surface area (Å²) >= 11 is 0. The third-order valence-electron chi connectivity index (χ3n) is 2.61. The van der Waals surface area contributed by atoms with E-state index in [4.69, 9.17) is 10.5 Å². The number of ether oxygens (including phenoxy) is 1. The van der Waals surface area contributed by atoms with Crippen molar-refractivity contribution in [3.8, 4) is 5.75 Å². The van der Waals surface area contributed by atoms with Gasteiger partial charge in [-0.15, -0.1) is 0 Å². The number of pyridine rings is 1. The fraction of sp³-hybridized carbons (Fsp3) is 0.0714. The third kappa shape index (κ3) is 5.08. The monoisotopic (exact) mass is 315 g/mol. The molecule has 1 amide bonds. The normalized spacial score (nSPS) is 10.4. The zero-order valence-corrected chi connectivity index (χ0v) is 11.9. The number of aromatic nitrogens is 1. The van der Waals surface area contributed by atoms with Gasteiger partial charge in [0.1, 0.15) is 17.8 Å². The first-order valence-electron chi connectivity index (χ1n) is 6.45. The van der Waals surface area contributed by atoms with Crippen molar-refractivity contribution in [2.45, 2.75) is 0 Å². The summed E-state index contributed by atoms with van der Waals surface area (Å²) in [4.78, 5) is 24.4. The molecule has 0 aliphatic rings. The molecule has 3 N–H and O–H groups in total. The van der Waals surface area contributed by atoms with E-state index in [1.807, 2.05) is 0 Å². The molecule has 2 rings (SSSR count). The summed E-state index contributed by atoms with van der Waals surface area (Å²) in [5, 5.41) is 14.5. The molecule has 23 heavy (non-hydrogen) atoms. The van der Waals surface area contributed by atoms with E-state index >= 15 is 0 Å². The first kappa shape index (κ1) is 15.9. The quantitative estimate of drug-likeness (QED) is 0.449. The van der Waals surface area contributed by atoms with Crippen LogP contribution in [0, 0.1) is 10.1 Å². The zero-order chi connectivity index (χ0) is 16.7. The minimum Gasteiger partial charge on any atom is -0.484 e. The highest BCUT2D eigenvalue weighted by Gasteiger charge is 2.04. The fourth-order valence-corrected chi connectivity index (χ4v) is 1.54. The molecule has 1 aromatic heterocycles. The molecule has 0 unspecified atom stereocenters. The van der Waals surface area contributed by atoms with E-state index in [0.29, 0.717) is 11.6 Å². The number of carbonyl (C=O) groups excluding carboxylic acids is 1. The average Bonchev–Trinajstić information content (AvgIpc) is 2.54. The Labute approximate surface area is 130 Å². The maximum absolute atomic E-state index is 10.6. The molecule has 118 valence electrons. The highest BCUT2D eigenvalue weighted by atomic mass is 16.6. The van der Waals surface area contributed by atoms with Crippen molar-refractivity contribution in [3.63, 3.8) is 0 Å². The van der Waals surface area contributed by atoms with Gasteiger partial charge in [-0.2, -0.15) is 5.10 Å². The van der Waals surface area contributed by atoms with Crippen LogP contribution in [-0.4, -0.2) is 28.6 Å². The minimum absolute atomic E-state index is 0.0916. The van der Waals surface area contributed by atoms with E-state index in [0.717, 1.165) is 11.8 Å². The van der Waals surface area contributed by atoms with Crippen LogP contribution < -0.4 is 15.9 Å². The molecule has 9 nitrogen and oxygen atoms in total. The average molecular weight is 315 g/mol. The molecule has 0 bridgehead atoms. The van der Waals surface area contributed by atoms with Gasteiger partial charge in [0.2, 0.25) is 0 Å². The lowest BCUT2D eigenvalue weighted by molar-refractivity contribution is -0.385. The Hall–Kier alpha value is -3.49. The van der Waals surface area contributed by atoms with Gasteiger partial charge in [-0.05, 0) is 35.9 Å². The number of hydrazone groups is 1. The van der Waals surface area contributed by atoms with Crippen molar-refractivity contribution < 1.29 is 14.5 Å². The lowest BCUT2D eigenvalue weighted by Gasteiger charge is -2.03. The molecule has 1 aromatic carbocycles. The second-order valence-corrected chi connectivity index (χ2v) is 4.35. The number of hydrogen-bond donors (Lipinski definition) is 2. The first-order valence-corrected chi connectivity index (χ1v) is 6.45. The zero-order valence-electron chi connectivity index (χ0n) is 11.9. The summed E-state index contributed by atoms with van der Waals surface area (Å²) in [7, 11) is 0. The van der Waals surface area contributed by atoms with Gasteiger partial charge in [0.15, 0.2) is 6.61 Å². The number of amides is 1. The summed E-state index contributed by atoms with van der Waals surface area (Å²) in [6.07, 6.45) is 2.68. The number of nitro groups is 1. The molecular formula is C14H13N5O4. The highest BCUT2D eigenvalue weighted by Crippen LogP contribution is 2.12. The van der Waals surface area contributed by atoms with E-state index in [1.54, 1.807) is 30.5 Å². The molecule has 2 aromatic rings. The molecule has 0 radical (unpaired) electrons. The van der Waals surface area contributed by atoms with Crippen LogP contribution in [0.1, 0.15) is 5.56 Å². The first-order chi connectivity index (χ1) is 11.0. The van der Waals surface area contributed by atoms with Crippen molar-refractivity contribution in [3.05, 3.63) is 58.3 Å². The Balaban J connectivity index is 1.90. The van der Waals surface area contributed by atoms with E-state index in [1.165, 1.54) is 12.1 Å². The standard InChI is InChI=1S/C14H13N5O4/c15-13(20)9-23-12-4-1-10(2-5-12)7-17-18-14-6-3-11(8-16-14)19(21)22/h1-8H,9H2,(H2,15,20)(H,16,18)/b17-7+.